The van der Waals surface area contributed by atoms with E-state index in [1.807, 2.05) is 12.1 Å². The molecule has 0 aromatic heterocycles. The maximum atomic E-state index is 9.24. The summed E-state index contributed by atoms with van der Waals surface area (Å²) in [6, 6.07) is 5.37. The SMILES string of the molecule is [N-]=[N+]=NCCCc1ccc(O)c(Br)c1. The molecule has 1 aromatic carbocycles. The van der Waals surface area contributed by atoms with Crippen LogP contribution in [0.2, 0.25) is 0 Å². The van der Waals surface area contributed by atoms with Gasteiger partial charge >= 0.3 is 0 Å². The molecule has 0 atom stereocenters. The van der Waals surface area contributed by atoms with Gasteiger partial charge in [0.2, 0.25) is 0 Å². The number of phenols is 1. The predicted octanol–water partition coefficient (Wildman–Crippen LogP) is 3.40. The van der Waals surface area contributed by atoms with Crippen LogP contribution in [0.5, 0.6) is 5.75 Å². The molecule has 0 aliphatic heterocycles. The molecule has 0 saturated carbocycles. The number of azide groups is 1. The van der Waals surface area contributed by atoms with Crippen molar-refractivity contribution in [3.63, 3.8) is 0 Å². The minimum Gasteiger partial charge on any atom is -0.507 e. The van der Waals surface area contributed by atoms with Gasteiger partial charge < -0.3 is 5.11 Å². The molecule has 0 unspecified atom stereocenters. The van der Waals surface area contributed by atoms with Gasteiger partial charge in [-0.2, -0.15) is 0 Å². The van der Waals surface area contributed by atoms with Crippen LogP contribution < -0.4 is 0 Å². The molecule has 14 heavy (non-hydrogen) atoms. The molecule has 0 saturated heterocycles. The van der Waals surface area contributed by atoms with Crippen LogP contribution >= 0.6 is 15.9 Å². The lowest BCUT2D eigenvalue weighted by Crippen LogP contribution is -1.87. The lowest BCUT2D eigenvalue weighted by Gasteiger charge is -2.01. The van der Waals surface area contributed by atoms with Crippen molar-refractivity contribution in [2.75, 3.05) is 6.54 Å². The zero-order valence-corrected chi connectivity index (χ0v) is 9.11. The average Bonchev–Trinajstić information content (AvgIpc) is 2.18. The van der Waals surface area contributed by atoms with Gasteiger partial charge in [0.25, 0.3) is 0 Å². The number of nitrogens with zero attached hydrogens (tertiary/aromatic N) is 3. The summed E-state index contributed by atoms with van der Waals surface area (Å²) >= 11 is 3.24. The zero-order chi connectivity index (χ0) is 10.4. The van der Waals surface area contributed by atoms with Crippen LogP contribution in [0.3, 0.4) is 0 Å². The summed E-state index contributed by atoms with van der Waals surface area (Å²) in [5, 5.41) is 12.7. The Labute approximate surface area is 90.3 Å². The Morgan fingerprint density at radius 1 is 1.50 bits per heavy atom. The van der Waals surface area contributed by atoms with E-state index >= 15 is 0 Å². The first kappa shape index (κ1) is 10.9. The Kier molecular flexibility index (Phi) is 4.29. The fraction of sp³-hybridized carbons (Fsp3) is 0.333. The second-order valence-corrected chi connectivity index (χ2v) is 3.70. The minimum atomic E-state index is 0.240. The summed E-state index contributed by atoms with van der Waals surface area (Å²) in [6.45, 7) is 0.509. The van der Waals surface area contributed by atoms with Crippen molar-refractivity contribution < 1.29 is 5.11 Å². The van der Waals surface area contributed by atoms with E-state index in [1.54, 1.807) is 6.07 Å². The molecule has 0 radical (unpaired) electrons. The van der Waals surface area contributed by atoms with Crippen LogP contribution in [0.25, 0.3) is 10.4 Å². The highest BCUT2D eigenvalue weighted by molar-refractivity contribution is 9.10. The maximum Gasteiger partial charge on any atom is 0.129 e. The third-order valence-corrected chi connectivity index (χ3v) is 2.43. The fourth-order valence-corrected chi connectivity index (χ4v) is 1.53. The van der Waals surface area contributed by atoms with Gasteiger partial charge in [-0.25, -0.2) is 0 Å². The summed E-state index contributed by atoms with van der Waals surface area (Å²) in [7, 11) is 0. The first-order valence-electron chi connectivity index (χ1n) is 4.22. The number of aryl methyl sites for hydroxylation is 1. The summed E-state index contributed by atoms with van der Waals surface area (Å²) < 4.78 is 0.693. The van der Waals surface area contributed by atoms with Crippen molar-refractivity contribution >= 4 is 15.9 Å². The molecule has 1 aromatic rings. The first-order chi connectivity index (χ1) is 6.74. The number of halogens is 1. The number of aromatic hydroxyl groups is 1. The van der Waals surface area contributed by atoms with E-state index in [0.29, 0.717) is 11.0 Å². The van der Waals surface area contributed by atoms with E-state index in [9.17, 15) is 5.11 Å². The maximum absolute atomic E-state index is 9.24. The Morgan fingerprint density at radius 2 is 2.29 bits per heavy atom. The van der Waals surface area contributed by atoms with Gasteiger partial charge in [0.05, 0.1) is 4.47 Å². The van der Waals surface area contributed by atoms with Gasteiger partial charge in [-0.1, -0.05) is 11.2 Å². The summed E-state index contributed by atoms with van der Waals surface area (Å²) in [6.07, 6.45) is 1.67. The van der Waals surface area contributed by atoms with Gasteiger partial charge in [0, 0.05) is 11.5 Å². The molecule has 74 valence electrons. The molecule has 1 N–H and O–H groups in total. The summed E-state index contributed by atoms with van der Waals surface area (Å²) in [4.78, 5) is 2.67. The van der Waals surface area contributed by atoms with E-state index < -0.39 is 0 Å². The van der Waals surface area contributed by atoms with Gasteiger partial charge in [-0.05, 0) is 52.0 Å². The zero-order valence-electron chi connectivity index (χ0n) is 7.52. The molecule has 0 fully saturated rings. The van der Waals surface area contributed by atoms with E-state index in [2.05, 4.69) is 26.0 Å². The Balaban J connectivity index is 2.51. The average molecular weight is 256 g/mol. The number of benzene rings is 1. The lowest BCUT2D eigenvalue weighted by molar-refractivity contribution is 0.471. The molecular weight excluding hydrogens is 246 g/mol. The Bertz CT molecular complexity index is 361. The smallest absolute Gasteiger partial charge is 0.129 e. The van der Waals surface area contributed by atoms with Crippen LogP contribution in [0.15, 0.2) is 27.8 Å². The minimum absolute atomic E-state index is 0.240. The monoisotopic (exact) mass is 255 g/mol. The van der Waals surface area contributed by atoms with Crippen molar-refractivity contribution in [3.8, 4) is 5.75 Å². The largest absolute Gasteiger partial charge is 0.507 e. The highest BCUT2D eigenvalue weighted by Gasteiger charge is 1.98. The first-order valence-corrected chi connectivity index (χ1v) is 5.01. The van der Waals surface area contributed by atoms with Crippen molar-refractivity contribution in [2.24, 2.45) is 5.11 Å². The van der Waals surface area contributed by atoms with Gasteiger partial charge in [-0.3, -0.25) is 0 Å². The van der Waals surface area contributed by atoms with Crippen LogP contribution in [0.4, 0.5) is 0 Å². The molecule has 0 aliphatic carbocycles. The van der Waals surface area contributed by atoms with Crippen molar-refractivity contribution in [1.29, 1.82) is 0 Å². The highest BCUT2D eigenvalue weighted by Crippen LogP contribution is 2.24. The normalized spacial score (nSPS) is 9.50. The van der Waals surface area contributed by atoms with Crippen LogP contribution in [-0.4, -0.2) is 11.7 Å². The Hall–Kier alpha value is -1.19. The number of phenolic OH excluding ortho intramolecular Hbond substituents is 1. The standard InChI is InChI=1S/C9H10BrN3O/c10-8-6-7(3-4-9(8)14)2-1-5-12-13-11/h3-4,6,14H,1-2,5H2. The van der Waals surface area contributed by atoms with Crippen molar-refractivity contribution in [3.05, 3.63) is 38.7 Å². The lowest BCUT2D eigenvalue weighted by atomic mass is 10.1. The summed E-state index contributed by atoms with van der Waals surface area (Å²) in [5.74, 6) is 0.240. The third-order valence-electron chi connectivity index (χ3n) is 1.80. The number of hydrogen-bond donors (Lipinski definition) is 1. The predicted molar refractivity (Wildman–Crippen MR) is 58.1 cm³/mol. The van der Waals surface area contributed by atoms with Gasteiger partial charge in [-0.15, -0.1) is 0 Å². The Morgan fingerprint density at radius 3 is 2.93 bits per heavy atom. The molecule has 0 aliphatic rings. The third kappa shape index (κ3) is 3.28. The molecule has 4 nitrogen and oxygen atoms in total. The van der Waals surface area contributed by atoms with Crippen LogP contribution in [-0.2, 0) is 6.42 Å². The second-order valence-electron chi connectivity index (χ2n) is 2.84. The molecular formula is C9H10BrN3O. The molecule has 1 rings (SSSR count). The molecule has 0 heterocycles. The van der Waals surface area contributed by atoms with E-state index in [4.69, 9.17) is 5.53 Å². The van der Waals surface area contributed by atoms with E-state index in [0.717, 1.165) is 18.4 Å². The topological polar surface area (TPSA) is 69.0 Å². The van der Waals surface area contributed by atoms with E-state index in [-0.39, 0.29) is 5.75 Å². The van der Waals surface area contributed by atoms with Crippen LogP contribution in [0.1, 0.15) is 12.0 Å². The van der Waals surface area contributed by atoms with E-state index in [1.165, 1.54) is 0 Å². The molecule has 5 heteroatoms. The molecule has 0 amide bonds. The molecule has 0 bridgehead atoms. The molecule has 0 spiro atoms. The second kappa shape index (κ2) is 5.52. The highest BCUT2D eigenvalue weighted by atomic mass is 79.9. The van der Waals surface area contributed by atoms with Crippen LogP contribution in [0, 0.1) is 0 Å². The number of hydrogen-bond acceptors (Lipinski definition) is 2. The number of rotatable bonds is 4. The quantitative estimate of drug-likeness (QED) is 0.381. The fourth-order valence-electron chi connectivity index (χ4n) is 1.10. The summed E-state index contributed by atoms with van der Waals surface area (Å²) in [5.41, 5.74) is 9.18. The van der Waals surface area contributed by atoms with Crippen molar-refractivity contribution in [1.82, 2.24) is 0 Å². The van der Waals surface area contributed by atoms with Gasteiger partial charge in [0.15, 0.2) is 0 Å². The van der Waals surface area contributed by atoms with Crippen molar-refractivity contribution in [2.45, 2.75) is 12.8 Å². The van der Waals surface area contributed by atoms with Gasteiger partial charge in [0.1, 0.15) is 5.75 Å².